The number of sulfonamides is 1. The Morgan fingerprint density at radius 2 is 1.69 bits per heavy atom. The van der Waals surface area contributed by atoms with E-state index in [1.807, 2.05) is 45.0 Å². The molecule has 0 radical (unpaired) electrons. The van der Waals surface area contributed by atoms with Crippen molar-refractivity contribution in [3.63, 3.8) is 0 Å². The lowest BCUT2D eigenvalue weighted by Crippen LogP contribution is -2.42. The monoisotopic (exact) mass is 481 g/mol. The van der Waals surface area contributed by atoms with Crippen molar-refractivity contribution in [1.82, 2.24) is 15.4 Å². The van der Waals surface area contributed by atoms with Crippen molar-refractivity contribution in [2.24, 2.45) is 0 Å². The van der Waals surface area contributed by atoms with Gasteiger partial charge in [0.15, 0.2) is 0 Å². The Kier molecular flexibility index (Phi) is 7.95. The molecule has 156 valence electrons. The number of rotatable bonds is 8. The second-order valence-corrected chi connectivity index (χ2v) is 9.28. The maximum atomic E-state index is 12.3. The molecule has 0 heterocycles. The molecule has 0 aliphatic carbocycles. The number of hydrogen-bond donors (Lipinski definition) is 3. The molecule has 2 aromatic rings. The van der Waals surface area contributed by atoms with E-state index in [2.05, 4.69) is 31.3 Å². The Hall–Kier alpha value is -2.23. The largest absolute Gasteiger partial charge is 0.348 e. The van der Waals surface area contributed by atoms with Crippen LogP contribution in [0.5, 0.6) is 0 Å². The standard InChI is InChI=1S/C20H24BrN3O4S/c1-13-8-9-16(10-14(13)2)29(27,28)23-12-19(25)22-11-20(26)24-15(3)17-6-4-5-7-18(17)21/h4-10,15,23H,11-12H2,1-3H3,(H,22,25)(H,24,26)/t15-/m1/s1. The van der Waals surface area contributed by atoms with Crippen LogP contribution >= 0.6 is 15.9 Å². The lowest BCUT2D eigenvalue weighted by molar-refractivity contribution is -0.125. The number of amides is 2. The second-order valence-electron chi connectivity index (χ2n) is 6.66. The molecule has 1 atom stereocenters. The van der Waals surface area contributed by atoms with E-state index < -0.39 is 22.5 Å². The van der Waals surface area contributed by atoms with Gasteiger partial charge in [0.2, 0.25) is 21.8 Å². The van der Waals surface area contributed by atoms with E-state index in [0.717, 1.165) is 21.2 Å². The molecule has 0 bridgehead atoms. The van der Waals surface area contributed by atoms with Crippen LogP contribution in [0.2, 0.25) is 0 Å². The molecular formula is C20H24BrN3O4S. The van der Waals surface area contributed by atoms with Crippen molar-refractivity contribution < 1.29 is 18.0 Å². The molecule has 2 amide bonds. The maximum absolute atomic E-state index is 12.3. The van der Waals surface area contributed by atoms with Crippen molar-refractivity contribution in [2.75, 3.05) is 13.1 Å². The number of aryl methyl sites for hydroxylation is 2. The molecule has 2 aromatic carbocycles. The number of hydrogen-bond acceptors (Lipinski definition) is 4. The van der Waals surface area contributed by atoms with Crippen LogP contribution in [0.1, 0.15) is 29.7 Å². The summed E-state index contributed by atoms with van der Waals surface area (Å²) < 4.78 is 27.7. The van der Waals surface area contributed by atoms with E-state index >= 15 is 0 Å². The number of carbonyl (C=O) groups is 2. The van der Waals surface area contributed by atoms with E-state index in [-0.39, 0.29) is 23.4 Å². The SMILES string of the molecule is Cc1ccc(S(=O)(=O)NCC(=O)NCC(=O)N[C@H](C)c2ccccc2Br)cc1C. The highest BCUT2D eigenvalue weighted by Crippen LogP contribution is 2.22. The summed E-state index contributed by atoms with van der Waals surface area (Å²) in [6.07, 6.45) is 0. The van der Waals surface area contributed by atoms with Gasteiger partial charge in [0, 0.05) is 4.47 Å². The smallest absolute Gasteiger partial charge is 0.241 e. The van der Waals surface area contributed by atoms with Gasteiger partial charge in [0.1, 0.15) is 0 Å². The third-order valence-electron chi connectivity index (χ3n) is 4.41. The minimum Gasteiger partial charge on any atom is -0.348 e. The molecule has 0 unspecified atom stereocenters. The van der Waals surface area contributed by atoms with Gasteiger partial charge in [-0.2, -0.15) is 0 Å². The van der Waals surface area contributed by atoms with E-state index in [4.69, 9.17) is 0 Å². The van der Waals surface area contributed by atoms with Crippen LogP contribution < -0.4 is 15.4 Å². The first kappa shape index (κ1) is 23.1. The zero-order valence-electron chi connectivity index (χ0n) is 16.5. The van der Waals surface area contributed by atoms with Crippen LogP contribution in [0.25, 0.3) is 0 Å². The van der Waals surface area contributed by atoms with Crippen LogP contribution in [-0.4, -0.2) is 33.3 Å². The van der Waals surface area contributed by atoms with E-state index in [9.17, 15) is 18.0 Å². The Bertz CT molecular complexity index is 1010. The number of halogens is 1. The summed E-state index contributed by atoms with van der Waals surface area (Å²) in [4.78, 5) is 24.1. The lowest BCUT2D eigenvalue weighted by atomic mass is 10.1. The van der Waals surface area contributed by atoms with E-state index in [1.54, 1.807) is 12.1 Å². The van der Waals surface area contributed by atoms with Gasteiger partial charge in [-0.3, -0.25) is 9.59 Å². The van der Waals surface area contributed by atoms with Crippen molar-refractivity contribution in [3.8, 4) is 0 Å². The zero-order valence-corrected chi connectivity index (χ0v) is 18.9. The first-order valence-corrected chi connectivity index (χ1v) is 11.2. The van der Waals surface area contributed by atoms with Gasteiger partial charge >= 0.3 is 0 Å². The van der Waals surface area contributed by atoms with Gasteiger partial charge < -0.3 is 10.6 Å². The summed E-state index contributed by atoms with van der Waals surface area (Å²) in [6.45, 7) is 4.82. The minimum atomic E-state index is -3.81. The molecule has 9 heteroatoms. The summed E-state index contributed by atoms with van der Waals surface area (Å²) >= 11 is 3.43. The Morgan fingerprint density at radius 1 is 1.00 bits per heavy atom. The normalized spacial score (nSPS) is 12.3. The van der Waals surface area contributed by atoms with Crippen molar-refractivity contribution in [2.45, 2.75) is 31.7 Å². The fraction of sp³-hybridized carbons (Fsp3) is 0.300. The maximum Gasteiger partial charge on any atom is 0.241 e. The third-order valence-corrected chi connectivity index (χ3v) is 6.53. The second kappa shape index (κ2) is 10.00. The number of nitrogens with one attached hydrogen (secondary N) is 3. The summed E-state index contributed by atoms with van der Waals surface area (Å²) in [6, 6.07) is 12.0. The molecule has 0 aromatic heterocycles. The predicted molar refractivity (Wildman–Crippen MR) is 115 cm³/mol. The van der Waals surface area contributed by atoms with Crippen LogP contribution in [-0.2, 0) is 19.6 Å². The van der Waals surface area contributed by atoms with Gasteiger partial charge in [-0.15, -0.1) is 0 Å². The average molecular weight is 482 g/mol. The molecule has 0 saturated carbocycles. The molecule has 7 nitrogen and oxygen atoms in total. The highest BCUT2D eigenvalue weighted by molar-refractivity contribution is 9.10. The summed E-state index contributed by atoms with van der Waals surface area (Å²) in [7, 11) is -3.81. The first-order chi connectivity index (χ1) is 13.6. The molecule has 29 heavy (non-hydrogen) atoms. The van der Waals surface area contributed by atoms with E-state index in [1.165, 1.54) is 6.07 Å². The third kappa shape index (κ3) is 6.66. The predicted octanol–water partition coefficient (Wildman–Crippen LogP) is 2.34. The van der Waals surface area contributed by atoms with Crippen LogP contribution in [0.15, 0.2) is 51.8 Å². The molecule has 2 rings (SSSR count). The van der Waals surface area contributed by atoms with Gasteiger partial charge in [-0.25, -0.2) is 13.1 Å². The summed E-state index contributed by atoms with van der Waals surface area (Å²) in [5.74, 6) is -0.972. The molecule has 0 spiro atoms. The minimum absolute atomic E-state index is 0.0911. The molecule has 0 aliphatic heterocycles. The van der Waals surface area contributed by atoms with Crippen LogP contribution in [0.4, 0.5) is 0 Å². The quantitative estimate of drug-likeness (QED) is 0.537. The topological polar surface area (TPSA) is 104 Å². The number of carbonyl (C=O) groups excluding carboxylic acids is 2. The summed E-state index contributed by atoms with van der Waals surface area (Å²) in [5, 5.41) is 5.19. The zero-order chi connectivity index (χ0) is 21.6. The van der Waals surface area contributed by atoms with Crippen molar-refractivity contribution in [1.29, 1.82) is 0 Å². The Morgan fingerprint density at radius 3 is 2.34 bits per heavy atom. The number of benzene rings is 2. The van der Waals surface area contributed by atoms with E-state index in [0.29, 0.717) is 0 Å². The fourth-order valence-corrected chi connectivity index (χ4v) is 4.26. The van der Waals surface area contributed by atoms with Gasteiger partial charge in [0.05, 0.1) is 24.0 Å². The van der Waals surface area contributed by atoms with Crippen LogP contribution in [0, 0.1) is 13.8 Å². The summed E-state index contributed by atoms with van der Waals surface area (Å²) in [5.41, 5.74) is 2.73. The Labute approximate surface area is 179 Å². The van der Waals surface area contributed by atoms with Crippen molar-refractivity contribution >= 4 is 37.8 Å². The molecule has 3 N–H and O–H groups in total. The fourth-order valence-electron chi connectivity index (χ4n) is 2.56. The van der Waals surface area contributed by atoms with Gasteiger partial charge in [-0.05, 0) is 55.7 Å². The molecule has 0 fully saturated rings. The van der Waals surface area contributed by atoms with Crippen molar-refractivity contribution in [3.05, 3.63) is 63.6 Å². The lowest BCUT2D eigenvalue weighted by Gasteiger charge is -2.16. The molecular weight excluding hydrogens is 458 g/mol. The highest BCUT2D eigenvalue weighted by Gasteiger charge is 2.17. The highest BCUT2D eigenvalue weighted by atomic mass is 79.9. The van der Waals surface area contributed by atoms with Gasteiger partial charge in [-0.1, -0.05) is 40.2 Å². The van der Waals surface area contributed by atoms with Crippen LogP contribution in [0.3, 0.4) is 0 Å². The molecule has 0 saturated heterocycles. The van der Waals surface area contributed by atoms with Gasteiger partial charge in [0.25, 0.3) is 0 Å². The average Bonchev–Trinajstić information content (AvgIpc) is 2.67. The molecule has 0 aliphatic rings. The Balaban J connectivity index is 1.82. The first-order valence-electron chi connectivity index (χ1n) is 8.97.